The van der Waals surface area contributed by atoms with Crippen molar-refractivity contribution < 1.29 is 23.4 Å². The summed E-state index contributed by atoms with van der Waals surface area (Å²) in [4.78, 5) is 0. The fourth-order valence-corrected chi connectivity index (χ4v) is 5.26. The predicted octanol–water partition coefficient (Wildman–Crippen LogP) is 4.92. The zero-order valence-corrected chi connectivity index (χ0v) is 16.0. The summed E-state index contributed by atoms with van der Waals surface area (Å²) in [5.41, 5.74) is 1.49. The van der Waals surface area contributed by atoms with Gasteiger partial charge in [-0.05, 0) is 73.3 Å². The molecule has 0 radical (unpaired) electrons. The van der Waals surface area contributed by atoms with Crippen molar-refractivity contribution in [3.05, 3.63) is 65.2 Å². The lowest BCUT2D eigenvalue weighted by atomic mass is 9.52. The molecule has 1 saturated carbocycles. The number of aliphatic hydroxyl groups is 1. The fraction of sp³-hybridized carbons (Fsp3) is 0.417. The van der Waals surface area contributed by atoms with E-state index in [4.69, 9.17) is 0 Å². The van der Waals surface area contributed by atoms with E-state index < -0.39 is 11.8 Å². The van der Waals surface area contributed by atoms with E-state index in [-0.39, 0.29) is 29.9 Å². The summed E-state index contributed by atoms with van der Waals surface area (Å²) in [5.74, 6) is 3.65. The van der Waals surface area contributed by atoms with Crippen molar-refractivity contribution in [3.63, 3.8) is 0 Å². The number of phenolic OH excluding ortho intramolecular Hbond substituents is 1. The Morgan fingerprint density at radius 2 is 1.83 bits per heavy atom. The van der Waals surface area contributed by atoms with Crippen LogP contribution in [0.1, 0.15) is 42.4 Å². The normalized spacial score (nSPS) is 28.6. The summed E-state index contributed by atoms with van der Waals surface area (Å²) in [6.45, 7) is 0. The molecule has 2 aliphatic carbocycles. The zero-order chi connectivity index (χ0) is 20.7. The molecule has 2 aromatic rings. The first-order valence-corrected chi connectivity index (χ1v) is 9.89. The summed E-state index contributed by atoms with van der Waals surface area (Å²) in [6.07, 6.45) is -1.41. The lowest BCUT2D eigenvalue weighted by Gasteiger charge is -2.52. The Kier molecular flexibility index (Phi) is 4.86. The van der Waals surface area contributed by atoms with Gasteiger partial charge in [0.15, 0.2) is 0 Å². The molecule has 2 N–H and O–H groups in total. The van der Waals surface area contributed by atoms with Crippen molar-refractivity contribution >= 4 is 0 Å². The molecule has 0 bridgehead atoms. The number of alkyl halides is 3. The van der Waals surface area contributed by atoms with Gasteiger partial charge in [-0.3, -0.25) is 0 Å². The SMILES string of the molecule is Oc1ccc2c(c1)CCC1CC(O)(C#CC(F)(F)F)CCC21Cc1ccccc1. The fourth-order valence-electron chi connectivity index (χ4n) is 5.26. The van der Waals surface area contributed by atoms with Crippen molar-refractivity contribution in [2.24, 2.45) is 5.92 Å². The van der Waals surface area contributed by atoms with Gasteiger partial charge in [0.1, 0.15) is 11.4 Å². The third-order valence-corrected chi connectivity index (χ3v) is 6.54. The van der Waals surface area contributed by atoms with Crippen molar-refractivity contribution in [1.29, 1.82) is 0 Å². The number of aryl methyl sites for hydroxylation is 1. The number of fused-ring (bicyclic) bond motifs is 3. The number of phenols is 1. The van der Waals surface area contributed by atoms with Crippen LogP contribution in [0.2, 0.25) is 0 Å². The van der Waals surface area contributed by atoms with Crippen LogP contribution in [-0.2, 0) is 18.3 Å². The Balaban J connectivity index is 1.74. The average Bonchev–Trinajstić information content (AvgIpc) is 2.67. The first kappa shape index (κ1) is 19.8. The number of benzene rings is 2. The van der Waals surface area contributed by atoms with Gasteiger partial charge in [0.2, 0.25) is 0 Å². The molecule has 0 spiro atoms. The molecule has 0 saturated heterocycles. The smallest absolute Gasteiger partial charge is 0.457 e. The predicted molar refractivity (Wildman–Crippen MR) is 104 cm³/mol. The highest BCUT2D eigenvalue weighted by Crippen LogP contribution is 2.54. The molecule has 152 valence electrons. The van der Waals surface area contributed by atoms with Gasteiger partial charge < -0.3 is 10.2 Å². The van der Waals surface area contributed by atoms with Crippen LogP contribution < -0.4 is 0 Å². The van der Waals surface area contributed by atoms with Gasteiger partial charge in [0, 0.05) is 11.3 Å². The van der Waals surface area contributed by atoms with Crippen LogP contribution in [0, 0.1) is 17.8 Å². The van der Waals surface area contributed by atoms with Gasteiger partial charge >= 0.3 is 6.18 Å². The molecule has 0 heterocycles. The quantitative estimate of drug-likeness (QED) is 0.703. The number of aromatic hydroxyl groups is 1. The highest BCUT2D eigenvalue weighted by molar-refractivity contribution is 5.45. The van der Waals surface area contributed by atoms with Gasteiger partial charge in [0.25, 0.3) is 0 Å². The van der Waals surface area contributed by atoms with Gasteiger partial charge in [-0.2, -0.15) is 13.2 Å². The average molecular weight is 400 g/mol. The van der Waals surface area contributed by atoms with Crippen LogP contribution in [0.4, 0.5) is 13.2 Å². The second-order valence-electron chi connectivity index (χ2n) is 8.38. The van der Waals surface area contributed by atoms with E-state index in [9.17, 15) is 23.4 Å². The molecular formula is C24H23F3O2. The van der Waals surface area contributed by atoms with Crippen LogP contribution in [-0.4, -0.2) is 22.0 Å². The van der Waals surface area contributed by atoms with Gasteiger partial charge in [-0.25, -0.2) is 0 Å². The van der Waals surface area contributed by atoms with Crippen LogP contribution >= 0.6 is 0 Å². The molecule has 2 aliphatic rings. The summed E-state index contributed by atoms with van der Waals surface area (Å²) < 4.78 is 37.8. The highest BCUT2D eigenvalue weighted by atomic mass is 19.4. The summed E-state index contributed by atoms with van der Waals surface area (Å²) in [5, 5.41) is 20.8. The van der Waals surface area contributed by atoms with E-state index in [1.165, 1.54) is 5.92 Å². The second kappa shape index (κ2) is 7.11. The molecule has 0 amide bonds. The van der Waals surface area contributed by atoms with E-state index >= 15 is 0 Å². The van der Waals surface area contributed by atoms with E-state index in [0.717, 1.165) is 36.0 Å². The number of hydrogen-bond donors (Lipinski definition) is 2. The van der Waals surface area contributed by atoms with Crippen LogP contribution in [0.15, 0.2) is 48.5 Å². The molecule has 29 heavy (non-hydrogen) atoms. The molecule has 3 unspecified atom stereocenters. The monoisotopic (exact) mass is 400 g/mol. The summed E-state index contributed by atoms with van der Waals surface area (Å²) >= 11 is 0. The van der Waals surface area contributed by atoms with E-state index in [2.05, 4.69) is 18.1 Å². The maximum absolute atomic E-state index is 12.6. The lowest BCUT2D eigenvalue weighted by Crippen LogP contribution is -2.51. The van der Waals surface area contributed by atoms with Crippen LogP contribution in [0.5, 0.6) is 5.75 Å². The first-order chi connectivity index (χ1) is 13.7. The molecular weight excluding hydrogens is 377 g/mol. The van der Waals surface area contributed by atoms with Crippen molar-refractivity contribution in [2.75, 3.05) is 0 Å². The maximum atomic E-state index is 12.6. The topological polar surface area (TPSA) is 40.5 Å². The van der Waals surface area contributed by atoms with Gasteiger partial charge in [-0.15, -0.1) is 0 Å². The summed E-state index contributed by atoms with van der Waals surface area (Å²) in [6, 6.07) is 15.5. The number of halogens is 3. The number of hydrogen-bond acceptors (Lipinski definition) is 2. The molecule has 0 aliphatic heterocycles. The minimum atomic E-state index is -4.61. The van der Waals surface area contributed by atoms with Gasteiger partial charge in [0.05, 0.1) is 0 Å². The minimum absolute atomic E-state index is 0.0148. The molecule has 4 rings (SSSR count). The van der Waals surface area contributed by atoms with Crippen molar-refractivity contribution in [2.45, 2.75) is 55.7 Å². The third kappa shape index (κ3) is 4.00. The minimum Gasteiger partial charge on any atom is -0.508 e. The second-order valence-corrected chi connectivity index (χ2v) is 8.38. The molecule has 2 aromatic carbocycles. The first-order valence-electron chi connectivity index (χ1n) is 9.89. The van der Waals surface area contributed by atoms with Crippen molar-refractivity contribution in [1.82, 2.24) is 0 Å². The zero-order valence-electron chi connectivity index (χ0n) is 16.0. The van der Waals surface area contributed by atoms with E-state index in [1.807, 2.05) is 24.3 Å². The summed E-state index contributed by atoms with van der Waals surface area (Å²) in [7, 11) is 0. The Morgan fingerprint density at radius 1 is 1.07 bits per heavy atom. The Labute approximate surface area is 168 Å². The Morgan fingerprint density at radius 3 is 2.55 bits per heavy atom. The molecule has 5 heteroatoms. The molecule has 2 nitrogen and oxygen atoms in total. The molecule has 1 fully saturated rings. The molecule has 0 aromatic heterocycles. The van der Waals surface area contributed by atoms with Crippen molar-refractivity contribution in [3.8, 4) is 17.6 Å². The van der Waals surface area contributed by atoms with E-state index in [0.29, 0.717) is 6.42 Å². The van der Waals surface area contributed by atoms with Crippen LogP contribution in [0.25, 0.3) is 0 Å². The Bertz CT molecular complexity index is 958. The van der Waals surface area contributed by atoms with Crippen LogP contribution in [0.3, 0.4) is 0 Å². The third-order valence-electron chi connectivity index (χ3n) is 6.54. The maximum Gasteiger partial charge on any atom is 0.457 e. The molecule has 3 atom stereocenters. The lowest BCUT2D eigenvalue weighted by molar-refractivity contribution is -0.0712. The largest absolute Gasteiger partial charge is 0.508 e. The highest BCUT2D eigenvalue weighted by Gasteiger charge is 2.51. The van der Waals surface area contributed by atoms with Gasteiger partial charge in [-0.1, -0.05) is 42.3 Å². The standard InChI is InChI=1S/C24H23F3O2/c25-24(26,27)13-11-22(29)10-12-23(15-17-4-2-1-3-5-17)19(16-22)7-6-18-14-20(28)8-9-21(18)23/h1-5,8-9,14,19,28-29H,6-7,10,12,15-16H2. The Hall–Kier alpha value is -2.45. The number of rotatable bonds is 2. The van der Waals surface area contributed by atoms with E-state index in [1.54, 1.807) is 12.1 Å².